The summed E-state index contributed by atoms with van der Waals surface area (Å²) in [6.07, 6.45) is -3.25. The molecule has 0 aliphatic rings. The number of halogens is 3. The smallest absolute Gasteiger partial charge is 0.387 e. The second-order valence-electron chi connectivity index (χ2n) is 4.75. The quantitative estimate of drug-likeness (QED) is 0.913. The molecule has 21 heavy (non-hydrogen) atoms. The van der Waals surface area contributed by atoms with Crippen molar-refractivity contribution in [1.82, 2.24) is 9.59 Å². The van der Waals surface area contributed by atoms with E-state index in [1.807, 2.05) is 6.92 Å². The molecule has 1 N–H and O–H groups in total. The molecule has 3 nitrogen and oxygen atoms in total. The van der Waals surface area contributed by atoms with E-state index in [0.29, 0.717) is 10.4 Å². The summed E-state index contributed by atoms with van der Waals surface area (Å²) in [6.45, 7) is 2.01. The topological polar surface area (TPSA) is 46.0 Å². The zero-order valence-corrected chi connectivity index (χ0v) is 12.2. The zero-order chi connectivity index (χ0) is 15.5. The summed E-state index contributed by atoms with van der Waals surface area (Å²) >= 11 is 1.13. The fourth-order valence-corrected chi connectivity index (χ4v) is 2.71. The maximum Gasteiger partial charge on any atom is 0.416 e. The standard InChI is InChI=1S/C14H15F3N2OS/c1-2-3-11-13(21-19-18-11)12(20)8-9-4-6-10(7-5-9)14(15,16)17/h4-7,12,20H,2-3,8H2,1H3. The van der Waals surface area contributed by atoms with Crippen LogP contribution in [0.4, 0.5) is 13.2 Å². The second-order valence-corrected chi connectivity index (χ2v) is 5.53. The van der Waals surface area contributed by atoms with Gasteiger partial charge in [-0.15, -0.1) is 5.10 Å². The first kappa shape index (κ1) is 15.9. The molecule has 0 aliphatic carbocycles. The SMILES string of the molecule is CCCc1nnsc1C(O)Cc1ccc(C(F)(F)F)cc1. The number of aliphatic hydroxyl groups is 1. The van der Waals surface area contributed by atoms with Crippen molar-refractivity contribution in [2.45, 2.75) is 38.5 Å². The summed E-state index contributed by atoms with van der Waals surface area (Å²) in [4.78, 5) is 0.691. The van der Waals surface area contributed by atoms with Gasteiger partial charge in [-0.25, -0.2) is 0 Å². The van der Waals surface area contributed by atoms with Gasteiger partial charge in [-0.1, -0.05) is 30.0 Å². The van der Waals surface area contributed by atoms with Gasteiger partial charge in [0.2, 0.25) is 0 Å². The highest BCUT2D eigenvalue weighted by atomic mass is 32.1. The first-order valence-corrected chi connectivity index (χ1v) is 7.34. The van der Waals surface area contributed by atoms with Crippen molar-refractivity contribution >= 4 is 11.5 Å². The fourth-order valence-electron chi connectivity index (χ4n) is 2.02. The lowest BCUT2D eigenvalue weighted by atomic mass is 10.0. The van der Waals surface area contributed by atoms with E-state index < -0.39 is 17.8 Å². The maximum absolute atomic E-state index is 12.5. The van der Waals surface area contributed by atoms with Crippen molar-refractivity contribution in [3.8, 4) is 0 Å². The minimum Gasteiger partial charge on any atom is -0.387 e. The van der Waals surface area contributed by atoms with E-state index in [4.69, 9.17) is 0 Å². The second kappa shape index (κ2) is 6.53. The van der Waals surface area contributed by atoms with E-state index in [2.05, 4.69) is 9.59 Å². The molecule has 0 amide bonds. The van der Waals surface area contributed by atoms with Gasteiger partial charge in [-0.3, -0.25) is 0 Å². The number of nitrogens with zero attached hydrogens (tertiary/aromatic N) is 2. The highest BCUT2D eigenvalue weighted by Gasteiger charge is 2.30. The largest absolute Gasteiger partial charge is 0.416 e. The van der Waals surface area contributed by atoms with E-state index in [1.54, 1.807) is 0 Å². The molecule has 7 heteroatoms. The Hall–Kier alpha value is -1.47. The average Bonchev–Trinajstić information content (AvgIpc) is 2.87. The van der Waals surface area contributed by atoms with E-state index >= 15 is 0 Å². The van der Waals surface area contributed by atoms with Crippen LogP contribution in [0.1, 0.15) is 41.1 Å². The lowest BCUT2D eigenvalue weighted by Crippen LogP contribution is -2.06. The summed E-state index contributed by atoms with van der Waals surface area (Å²) in [5.41, 5.74) is 0.722. The fraction of sp³-hybridized carbons (Fsp3) is 0.429. The summed E-state index contributed by atoms with van der Waals surface area (Å²) in [5.74, 6) is 0. The molecule has 1 aromatic heterocycles. The molecule has 0 fully saturated rings. The molecular formula is C14H15F3N2OS. The van der Waals surface area contributed by atoms with Crippen molar-refractivity contribution in [3.05, 3.63) is 46.0 Å². The Bertz CT molecular complexity index is 581. The third kappa shape index (κ3) is 4.01. The normalized spacial score (nSPS) is 13.4. The van der Waals surface area contributed by atoms with Crippen molar-refractivity contribution in [2.24, 2.45) is 0 Å². The van der Waals surface area contributed by atoms with Crippen LogP contribution in [0.3, 0.4) is 0 Å². The van der Waals surface area contributed by atoms with Crippen molar-refractivity contribution in [3.63, 3.8) is 0 Å². The van der Waals surface area contributed by atoms with Crippen LogP contribution in [0.15, 0.2) is 24.3 Å². The molecule has 1 aromatic carbocycles. The Morgan fingerprint density at radius 3 is 2.48 bits per heavy atom. The van der Waals surface area contributed by atoms with Crippen molar-refractivity contribution in [1.29, 1.82) is 0 Å². The van der Waals surface area contributed by atoms with Crippen molar-refractivity contribution in [2.75, 3.05) is 0 Å². The number of aromatic nitrogens is 2. The lowest BCUT2D eigenvalue weighted by molar-refractivity contribution is -0.137. The predicted molar refractivity (Wildman–Crippen MR) is 74.0 cm³/mol. The van der Waals surface area contributed by atoms with Gasteiger partial charge in [-0.2, -0.15) is 13.2 Å². The highest BCUT2D eigenvalue weighted by molar-refractivity contribution is 7.05. The summed E-state index contributed by atoms with van der Waals surface area (Å²) in [7, 11) is 0. The Morgan fingerprint density at radius 2 is 1.90 bits per heavy atom. The summed E-state index contributed by atoms with van der Waals surface area (Å²) in [5, 5.41) is 14.2. The van der Waals surface area contributed by atoms with Crippen LogP contribution in [0.5, 0.6) is 0 Å². The Kier molecular flexibility index (Phi) is 4.95. The summed E-state index contributed by atoms with van der Waals surface area (Å²) < 4.78 is 41.3. The lowest BCUT2D eigenvalue weighted by Gasteiger charge is -2.11. The highest BCUT2D eigenvalue weighted by Crippen LogP contribution is 2.30. The van der Waals surface area contributed by atoms with E-state index in [1.165, 1.54) is 12.1 Å². The van der Waals surface area contributed by atoms with Gasteiger partial charge in [0.15, 0.2) is 0 Å². The van der Waals surface area contributed by atoms with Gasteiger partial charge in [0.05, 0.1) is 22.2 Å². The van der Waals surface area contributed by atoms with Crippen LogP contribution in [-0.4, -0.2) is 14.7 Å². The first-order chi connectivity index (χ1) is 9.91. The molecule has 0 bridgehead atoms. The molecule has 0 radical (unpaired) electrons. The number of aryl methyl sites for hydroxylation is 1. The molecule has 1 unspecified atom stereocenters. The van der Waals surface area contributed by atoms with E-state index in [9.17, 15) is 18.3 Å². The first-order valence-electron chi connectivity index (χ1n) is 6.57. The number of alkyl halides is 3. The molecule has 2 aromatic rings. The maximum atomic E-state index is 12.5. The van der Waals surface area contributed by atoms with Gasteiger partial charge < -0.3 is 5.11 Å². The molecule has 114 valence electrons. The van der Waals surface area contributed by atoms with Gasteiger partial charge >= 0.3 is 6.18 Å². The number of hydrogen-bond acceptors (Lipinski definition) is 4. The molecule has 0 spiro atoms. The molecular weight excluding hydrogens is 301 g/mol. The molecule has 0 saturated carbocycles. The third-order valence-electron chi connectivity index (χ3n) is 3.08. The van der Waals surface area contributed by atoms with Crippen molar-refractivity contribution < 1.29 is 18.3 Å². The Morgan fingerprint density at radius 1 is 1.24 bits per heavy atom. The van der Waals surface area contributed by atoms with E-state index in [0.717, 1.165) is 42.2 Å². The minimum absolute atomic E-state index is 0.249. The van der Waals surface area contributed by atoms with Crippen LogP contribution in [0.2, 0.25) is 0 Å². The average molecular weight is 316 g/mol. The summed E-state index contributed by atoms with van der Waals surface area (Å²) in [6, 6.07) is 4.83. The Labute approximate surface area is 124 Å². The van der Waals surface area contributed by atoms with Gasteiger partial charge in [-0.05, 0) is 35.6 Å². The molecule has 1 heterocycles. The molecule has 2 rings (SSSR count). The number of rotatable bonds is 5. The van der Waals surface area contributed by atoms with Crippen LogP contribution >= 0.6 is 11.5 Å². The van der Waals surface area contributed by atoms with Gasteiger partial charge in [0.1, 0.15) is 0 Å². The number of hydrogen-bond donors (Lipinski definition) is 1. The van der Waals surface area contributed by atoms with Crippen LogP contribution in [0.25, 0.3) is 0 Å². The monoisotopic (exact) mass is 316 g/mol. The number of benzene rings is 1. The van der Waals surface area contributed by atoms with Crippen LogP contribution in [0, 0.1) is 0 Å². The van der Waals surface area contributed by atoms with Gasteiger partial charge in [0, 0.05) is 6.42 Å². The van der Waals surface area contributed by atoms with Gasteiger partial charge in [0.25, 0.3) is 0 Å². The zero-order valence-electron chi connectivity index (χ0n) is 11.4. The molecule has 0 saturated heterocycles. The molecule has 1 atom stereocenters. The minimum atomic E-state index is -4.34. The molecule has 0 aliphatic heterocycles. The van der Waals surface area contributed by atoms with Crippen LogP contribution < -0.4 is 0 Å². The van der Waals surface area contributed by atoms with Crippen LogP contribution in [-0.2, 0) is 19.0 Å². The predicted octanol–water partition coefficient (Wildman–Crippen LogP) is 3.79. The Balaban J connectivity index is 2.09. The third-order valence-corrected chi connectivity index (χ3v) is 3.95. The number of aliphatic hydroxyl groups excluding tert-OH is 1. The van der Waals surface area contributed by atoms with E-state index in [-0.39, 0.29) is 6.42 Å².